The zero-order valence-corrected chi connectivity index (χ0v) is 12.1. The van der Waals surface area contributed by atoms with Crippen LogP contribution in [-0.2, 0) is 0 Å². The molecule has 1 atom stereocenters. The van der Waals surface area contributed by atoms with Gasteiger partial charge in [-0.1, -0.05) is 12.8 Å². The van der Waals surface area contributed by atoms with Crippen molar-refractivity contribution in [2.24, 2.45) is 5.92 Å². The van der Waals surface area contributed by atoms with Crippen molar-refractivity contribution in [3.05, 3.63) is 24.0 Å². The quantitative estimate of drug-likeness (QED) is 0.921. The number of hydrogen-bond acceptors (Lipinski definition) is 3. The third-order valence-corrected chi connectivity index (χ3v) is 4.82. The Bertz CT molecular complexity index is 482. The molecule has 4 heteroatoms. The minimum Gasteiger partial charge on any atom is -0.387 e. The summed E-state index contributed by atoms with van der Waals surface area (Å²) in [5.74, 6) is 0.869. The van der Waals surface area contributed by atoms with Crippen molar-refractivity contribution < 1.29 is 4.79 Å². The maximum absolute atomic E-state index is 12.8. The number of pyridine rings is 1. The van der Waals surface area contributed by atoms with Gasteiger partial charge in [-0.2, -0.15) is 0 Å². The van der Waals surface area contributed by atoms with Gasteiger partial charge < -0.3 is 10.2 Å². The van der Waals surface area contributed by atoms with Crippen LogP contribution in [0.3, 0.4) is 0 Å². The van der Waals surface area contributed by atoms with Gasteiger partial charge in [0, 0.05) is 37.7 Å². The molecular formula is C16H23N3O. The van der Waals surface area contributed by atoms with Crippen LogP contribution in [0.2, 0.25) is 0 Å². The fraction of sp³-hybridized carbons (Fsp3) is 0.625. The summed E-state index contributed by atoms with van der Waals surface area (Å²) >= 11 is 0. The normalized spacial score (nSPS) is 23.2. The number of carbonyl (C=O) groups excluding carboxylic acids is 1. The highest BCUT2D eigenvalue weighted by atomic mass is 16.2. The lowest BCUT2D eigenvalue weighted by Gasteiger charge is -2.30. The molecule has 2 aliphatic rings. The molecule has 0 bridgehead atoms. The van der Waals surface area contributed by atoms with Crippen molar-refractivity contribution in [2.75, 3.05) is 18.9 Å². The number of likely N-dealkylation sites (tertiary alicyclic amines) is 1. The maximum Gasteiger partial charge on any atom is 0.257 e. The number of amides is 1. The van der Waals surface area contributed by atoms with E-state index >= 15 is 0 Å². The molecule has 108 valence electrons. The number of rotatable bonds is 3. The second-order valence-corrected chi connectivity index (χ2v) is 5.92. The van der Waals surface area contributed by atoms with E-state index in [9.17, 15) is 4.79 Å². The van der Waals surface area contributed by atoms with E-state index in [1.165, 1.54) is 32.1 Å². The number of aromatic nitrogens is 1. The van der Waals surface area contributed by atoms with Gasteiger partial charge in [0.05, 0.1) is 5.56 Å². The fourth-order valence-electron chi connectivity index (χ4n) is 3.81. The molecule has 3 rings (SSSR count). The smallest absolute Gasteiger partial charge is 0.257 e. The molecule has 0 radical (unpaired) electrons. The molecule has 1 N–H and O–H groups in total. The average molecular weight is 273 g/mol. The number of anilines is 1. The average Bonchev–Trinajstić information content (AvgIpc) is 3.16. The molecule has 1 aliphatic carbocycles. The second-order valence-electron chi connectivity index (χ2n) is 5.92. The molecule has 1 unspecified atom stereocenters. The Morgan fingerprint density at radius 2 is 2.10 bits per heavy atom. The van der Waals surface area contributed by atoms with Gasteiger partial charge in [0.15, 0.2) is 0 Å². The molecule has 20 heavy (non-hydrogen) atoms. The van der Waals surface area contributed by atoms with Crippen molar-refractivity contribution in [1.82, 2.24) is 9.88 Å². The SMILES string of the molecule is CNc1ccncc1C(=O)N1CCCC1C1CCCC1. The lowest BCUT2D eigenvalue weighted by Crippen LogP contribution is -2.39. The van der Waals surface area contributed by atoms with Crippen LogP contribution < -0.4 is 5.32 Å². The molecule has 1 aromatic rings. The van der Waals surface area contributed by atoms with Gasteiger partial charge in [0.25, 0.3) is 5.91 Å². The van der Waals surface area contributed by atoms with Crippen LogP contribution >= 0.6 is 0 Å². The van der Waals surface area contributed by atoms with Crippen molar-refractivity contribution in [1.29, 1.82) is 0 Å². The van der Waals surface area contributed by atoms with E-state index in [4.69, 9.17) is 0 Å². The van der Waals surface area contributed by atoms with Crippen molar-refractivity contribution in [3.8, 4) is 0 Å². The molecule has 4 nitrogen and oxygen atoms in total. The largest absolute Gasteiger partial charge is 0.387 e. The van der Waals surface area contributed by atoms with Gasteiger partial charge >= 0.3 is 0 Å². The number of nitrogens with one attached hydrogen (secondary N) is 1. The van der Waals surface area contributed by atoms with Gasteiger partial charge in [-0.3, -0.25) is 9.78 Å². The van der Waals surface area contributed by atoms with Crippen LogP contribution in [-0.4, -0.2) is 35.4 Å². The summed E-state index contributed by atoms with van der Waals surface area (Å²) in [6.07, 6.45) is 11.0. The first-order chi connectivity index (χ1) is 9.81. The summed E-state index contributed by atoms with van der Waals surface area (Å²) in [5, 5.41) is 3.10. The van der Waals surface area contributed by atoms with Crippen LogP contribution in [0.4, 0.5) is 5.69 Å². The van der Waals surface area contributed by atoms with Gasteiger partial charge in [-0.05, 0) is 37.7 Å². The Morgan fingerprint density at radius 3 is 2.85 bits per heavy atom. The first-order valence-electron chi connectivity index (χ1n) is 7.74. The van der Waals surface area contributed by atoms with Crippen LogP contribution in [0.1, 0.15) is 48.9 Å². The topological polar surface area (TPSA) is 45.2 Å². The maximum atomic E-state index is 12.8. The summed E-state index contributed by atoms with van der Waals surface area (Å²) in [7, 11) is 1.85. The van der Waals surface area contributed by atoms with E-state index in [2.05, 4.69) is 15.2 Å². The van der Waals surface area contributed by atoms with Crippen LogP contribution in [0.5, 0.6) is 0 Å². The van der Waals surface area contributed by atoms with E-state index < -0.39 is 0 Å². The predicted molar refractivity (Wildman–Crippen MR) is 79.8 cm³/mol. The highest BCUT2D eigenvalue weighted by Gasteiger charge is 2.36. The summed E-state index contributed by atoms with van der Waals surface area (Å²) in [6.45, 7) is 0.901. The molecule has 0 spiro atoms. The van der Waals surface area contributed by atoms with E-state index in [-0.39, 0.29) is 5.91 Å². The van der Waals surface area contributed by atoms with Crippen molar-refractivity contribution in [2.45, 2.75) is 44.6 Å². The lowest BCUT2D eigenvalue weighted by molar-refractivity contribution is 0.0689. The molecule has 2 fully saturated rings. The molecule has 1 aliphatic heterocycles. The first-order valence-corrected chi connectivity index (χ1v) is 7.74. The number of carbonyl (C=O) groups is 1. The first kappa shape index (κ1) is 13.4. The van der Waals surface area contributed by atoms with E-state index in [1.54, 1.807) is 12.4 Å². The molecule has 1 saturated carbocycles. The molecule has 1 aromatic heterocycles. The summed E-state index contributed by atoms with van der Waals surface area (Å²) in [4.78, 5) is 19.1. The molecule has 0 aromatic carbocycles. The minimum atomic E-state index is 0.150. The van der Waals surface area contributed by atoms with Crippen LogP contribution in [0.25, 0.3) is 0 Å². The van der Waals surface area contributed by atoms with E-state index in [1.807, 2.05) is 13.1 Å². The Morgan fingerprint density at radius 1 is 1.30 bits per heavy atom. The number of hydrogen-bond donors (Lipinski definition) is 1. The lowest BCUT2D eigenvalue weighted by atomic mass is 9.95. The van der Waals surface area contributed by atoms with Crippen molar-refractivity contribution in [3.63, 3.8) is 0 Å². The molecule has 1 amide bonds. The highest BCUT2D eigenvalue weighted by Crippen LogP contribution is 2.36. The summed E-state index contributed by atoms with van der Waals surface area (Å²) < 4.78 is 0. The molecular weight excluding hydrogens is 250 g/mol. The minimum absolute atomic E-state index is 0.150. The summed E-state index contributed by atoms with van der Waals surface area (Å²) in [6, 6.07) is 2.32. The molecule has 2 heterocycles. The highest BCUT2D eigenvalue weighted by molar-refractivity contribution is 5.99. The summed E-state index contributed by atoms with van der Waals surface area (Å²) in [5.41, 5.74) is 1.59. The molecule has 1 saturated heterocycles. The Hall–Kier alpha value is -1.58. The zero-order valence-electron chi connectivity index (χ0n) is 12.1. The van der Waals surface area contributed by atoms with Crippen molar-refractivity contribution >= 4 is 11.6 Å². The Labute approximate surface area is 120 Å². The zero-order chi connectivity index (χ0) is 13.9. The number of nitrogens with zero attached hydrogens (tertiary/aromatic N) is 2. The van der Waals surface area contributed by atoms with Gasteiger partial charge in [0.1, 0.15) is 0 Å². The van der Waals surface area contributed by atoms with E-state index in [0.717, 1.165) is 24.6 Å². The van der Waals surface area contributed by atoms with Crippen LogP contribution in [0.15, 0.2) is 18.5 Å². The van der Waals surface area contributed by atoms with Crippen LogP contribution in [0, 0.1) is 5.92 Å². The van der Waals surface area contributed by atoms with Gasteiger partial charge in [0.2, 0.25) is 0 Å². The fourth-order valence-corrected chi connectivity index (χ4v) is 3.81. The Kier molecular flexibility index (Phi) is 3.90. The third-order valence-electron chi connectivity index (χ3n) is 4.82. The Balaban J connectivity index is 1.81. The monoisotopic (exact) mass is 273 g/mol. The third kappa shape index (κ3) is 2.39. The van der Waals surface area contributed by atoms with Gasteiger partial charge in [-0.15, -0.1) is 0 Å². The predicted octanol–water partition coefficient (Wildman–Crippen LogP) is 2.92. The van der Waals surface area contributed by atoms with Gasteiger partial charge in [-0.25, -0.2) is 0 Å². The standard InChI is InChI=1S/C16H23N3O/c1-17-14-8-9-18-11-13(14)16(20)19-10-4-7-15(19)12-5-2-3-6-12/h8-9,11-12,15H,2-7,10H2,1H3,(H,17,18). The second kappa shape index (κ2) is 5.81. The van der Waals surface area contributed by atoms with E-state index in [0.29, 0.717) is 11.6 Å².